The molecule has 1 saturated carbocycles. The molecule has 0 saturated heterocycles. The third-order valence-electron chi connectivity index (χ3n) is 2.71. The van der Waals surface area contributed by atoms with E-state index in [1.165, 1.54) is 44.9 Å². The summed E-state index contributed by atoms with van der Waals surface area (Å²) in [5.41, 5.74) is 0.653. The van der Waals surface area contributed by atoms with Gasteiger partial charge in [-0.25, -0.2) is 0 Å². The first-order valence-electron chi connectivity index (χ1n) is 5.60. The van der Waals surface area contributed by atoms with E-state index in [2.05, 4.69) is 13.8 Å². The minimum atomic E-state index is 0.653. The van der Waals surface area contributed by atoms with Gasteiger partial charge in [0.1, 0.15) is 0 Å². The second kappa shape index (κ2) is 11.0. The molecule has 0 amide bonds. The Kier molecular flexibility index (Phi) is 12.8. The first-order chi connectivity index (χ1) is 6.71. The number of aliphatic hydroxyl groups excluding tert-OH is 2. The molecule has 0 atom stereocenters. The zero-order chi connectivity index (χ0) is 11.4. The van der Waals surface area contributed by atoms with Gasteiger partial charge < -0.3 is 10.2 Å². The van der Waals surface area contributed by atoms with Crippen molar-refractivity contribution < 1.29 is 10.2 Å². The van der Waals surface area contributed by atoms with Gasteiger partial charge in [0.05, 0.1) is 0 Å². The van der Waals surface area contributed by atoms with E-state index in [4.69, 9.17) is 10.2 Å². The molecule has 0 aromatic heterocycles. The lowest BCUT2D eigenvalue weighted by atomic mass is 9.80. The van der Waals surface area contributed by atoms with E-state index >= 15 is 0 Å². The molecular weight excluding hydrogens is 176 g/mol. The lowest BCUT2D eigenvalue weighted by molar-refractivity contribution is 0.266. The molecule has 0 aliphatic heterocycles. The van der Waals surface area contributed by atoms with Gasteiger partial charge in [-0.1, -0.05) is 46.0 Å². The molecule has 14 heavy (non-hydrogen) atoms. The lowest BCUT2D eigenvalue weighted by Crippen LogP contribution is -2.12. The minimum Gasteiger partial charge on any atom is -0.400 e. The third kappa shape index (κ3) is 10.0. The Morgan fingerprint density at radius 2 is 0.929 bits per heavy atom. The van der Waals surface area contributed by atoms with Gasteiger partial charge in [0.2, 0.25) is 0 Å². The van der Waals surface area contributed by atoms with Crippen LogP contribution in [0.2, 0.25) is 0 Å². The number of hydrogen-bond acceptors (Lipinski definition) is 2. The van der Waals surface area contributed by atoms with Crippen LogP contribution < -0.4 is 0 Å². The van der Waals surface area contributed by atoms with Crippen LogP contribution in [-0.4, -0.2) is 24.4 Å². The van der Waals surface area contributed by atoms with E-state index in [9.17, 15) is 0 Å². The van der Waals surface area contributed by atoms with Crippen molar-refractivity contribution in [2.75, 3.05) is 14.2 Å². The summed E-state index contributed by atoms with van der Waals surface area (Å²) in [6.45, 7) is 4.83. The zero-order valence-corrected chi connectivity index (χ0v) is 10.3. The zero-order valence-electron chi connectivity index (χ0n) is 10.3. The van der Waals surface area contributed by atoms with Crippen molar-refractivity contribution in [1.82, 2.24) is 0 Å². The van der Waals surface area contributed by atoms with E-state index in [1.54, 1.807) is 0 Å². The summed E-state index contributed by atoms with van der Waals surface area (Å²) in [5.74, 6) is 0. The molecule has 0 aromatic carbocycles. The van der Waals surface area contributed by atoms with Gasteiger partial charge in [0.15, 0.2) is 0 Å². The van der Waals surface area contributed by atoms with Crippen molar-refractivity contribution in [1.29, 1.82) is 0 Å². The first-order valence-corrected chi connectivity index (χ1v) is 5.60. The summed E-state index contributed by atoms with van der Waals surface area (Å²) in [7, 11) is 2.00. The van der Waals surface area contributed by atoms with Crippen LogP contribution in [0.1, 0.15) is 58.8 Å². The van der Waals surface area contributed by atoms with Crippen LogP contribution in [0.5, 0.6) is 0 Å². The molecule has 2 nitrogen and oxygen atoms in total. The topological polar surface area (TPSA) is 40.5 Å². The molecule has 2 N–H and O–H groups in total. The van der Waals surface area contributed by atoms with Gasteiger partial charge in [-0.3, -0.25) is 0 Å². The maximum atomic E-state index is 7.00. The van der Waals surface area contributed by atoms with Gasteiger partial charge in [0.25, 0.3) is 0 Å². The van der Waals surface area contributed by atoms with Crippen molar-refractivity contribution in [3.8, 4) is 0 Å². The van der Waals surface area contributed by atoms with Crippen LogP contribution in [-0.2, 0) is 0 Å². The summed E-state index contributed by atoms with van der Waals surface area (Å²) in [5, 5.41) is 14.0. The van der Waals surface area contributed by atoms with Gasteiger partial charge in [-0.15, -0.1) is 0 Å². The van der Waals surface area contributed by atoms with Crippen LogP contribution in [0.4, 0.5) is 0 Å². The molecule has 1 aliphatic carbocycles. The second-order valence-electron chi connectivity index (χ2n) is 4.43. The fraction of sp³-hybridized carbons (Fsp3) is 1.00. The van der Waals surface area contributed by atoms with Crippen LogP contribution in [0.25, 0.3) is 0 Å². The predicted octanol–water partition coefficient (Wildman–Crippen LogP) is 2.97. The molecule has 88 valence electrons. The fourth-order valence-electron chi connectivity index (χ4n) is 1.86. The van der Waals surface area contributed by atoms with Gasteiger partial charge in [-0.05, 0) is 18.3 Å². The fourth-order valence-corrected chi connectivity index (χ4v) is 1.86. The van der Waals surface area contributed by atoms with E-state index in [0.717, 1.165) is 14.2 Å². The van der Waals surface area contributed by atoms with Gasteiger partial charge in [0, 0.05) is 14.2 Å². The highest BCUT2D eigenvalue weighted by atomic mass is 16.2. The van der Waals surface area contributed by atoms with Gasteiger partial charge >= 0.3 is 0 Å². The van der Waals surface area contributed by atoms with Crippen molar-refractivity contribution in [2.45, 2.75) is 58.8 Å². The maximum Gasteiger partial charge on any atom is 0.0319 e. The normalized spacial score (nSPS) is 20.1. The quantitative estimate of drug-likeness (QED) is 0.637. The number of rotatable bonds is 0. The Labute approximate surface area is 89.3 Å². The molecule has 0 heterocycles. The summed E-state index contributed by atoms with van der Waals surface area (Å²) in [6.07, 6.45) is 10.3. The highest BCUT2D eigenvalue weighted by Crippen LogP contribution is 2.32. The van der Waals surface area contributed by atoms with E-state index in [1.807, 2.05) is 0 Å². The molecule has 0 aromatic rings. The summed E-state index contributed by atoms with van der Waals surface area (Å²) in [6, 6.07) is 0. The monoisotopic (exact) mass is 204 g/mol. The Morgan fingerprint density at radius 3 is 1.29 bits per heavy atom. The van der Waals surface area contributed by atoms with Gasteiger partial charge in [-0.2, -0.15) is 0 Å². The van der Waals surface area contributed by atoms with Crippen molar-refractivity contribution >= 4 is 0 Å². The molecule has 0 spiro atoms. The Morgan fingerprint density at radius 1 is 0.643 bits per heavy atom. The average molecular weight is 204 g/mol. The summed E-state index contributed by atoms with van der Waals surface area (Å²) >= 11 is 0. The van der Waals surface area contributed by atoms with Crippen LogP contribution in [0.3, 0.4) is 0 Å². The van der Waals surface area contributed by atoms with Crippen molar-refractivity contribution in [3.63, 3.8) is 0 Å². The first kappa shape index (κ1) is 16.4. The summed E-state index contributed by atoms with van der Waals surface area (Å²) in [4.78, 5) is 0. The smallest absolute Gasteiger partial charge is 0.0319 e. The molecule has 0 bridgehead atoms. The van der Waals surface area contributed by atoms with Crippen LogP contribution in [0.15, 0.2) is 0 Å². The van der Waals surface area contributed by atoms with Crippen LogP contribution in [0, 0.1) is 5.41 Å². The standard InChI is InChI=1S/C10H20.2CH4O/c1-10(2)8-6-4-3-5-7-9-10;2*1-2/h3-9H2,1-2H3;2*2H,1H3. The number of aliphatic hydroxyl groups is 2. The molecule has 2 heteroatoms. The Hall–Kier alpha value is -0.0800. The molecule has 0 radical (unpaired) electrons. The van der Waals surface area contributed by atoms with Crippen LogP contribution >= 0.6 is 0 Å². The lowest BCUT2D eigenvalue weighted by Gasteiger charge is -2.26. The molecule has 1 rings (SSSR count). The maximum absolute atomic E-state index is 7.00. The predicted molar refractivity (Wildman–Crippen MR) is 62.4 cm³/mol. The highest BCUT2D eigenvalue weighted by Gasteiger charge is 2.17. The average Bonchev–Trinajstić information content (AvgIpc) is 2.19. The molecule has 0 unspecified atom stereocenters. The van der Waals surface area contributed by atoms with Crippen molar-refractivity contribution in [2.24, 2.45) is 5.41 Å². The Balaban J connectivity index is 0. The third-order valence-corrected chi connectivity index (χ3v) is 2.71. The minimum absolute atomic E-state index is 0.653. The highest BCUT2D eigenvalue weighted by molar-refractivity contribution is 4.70. The summed E-state index contributed by atoms with van der Waals surface area (Å²) < 4.78 is 0. The molecular formula is C12H28O2. The largest absolute Gasteiger partial charge is 0.400 e. The molecule has 1 aliphatic rings. The van der Waals surface area contributed by atoms with E-state index in [0.29, 0.717) is 5.41 Å². The van der Waals surface area contributed by atoms with Crippen molar-refractivity contribution in [3.05, 3.63) is 0 Å². The van der Waals surface area contributed by atoms with E-state index in [-0.39, 0.29) is 0 Å². The second-order valence-corrected chi connectivity index (χ2v) is 4.43. The van der Waals surface area contributed by atoms with E-state index < -0.39 is 0 Å². The molecule has 1 fully saturated rings. The number of hydrogen-bond donors (Lipinski definition) is 2. The SMILES string of the molecule is CC1(C)CCCCCCC1.CO.CO. The Bertz CT molecular complexity index is 90.5.